The Kier molecular flexibility index (Phi) is 5.33. The topological polar surface area (TPSA) is 12.0 Å². The highest BCUT2D eigenvalue weighted by Gasteiger charge is 2.11. The molecule has 0 aliphatic heterocycles. The van der Waals surface area contributed by atoms with Crippen LogP contribution in [0.3, 0.4) is 0 Å². The van der Waals surface area contributed by atoms with Gasteiger partial charge in [-0.05, 0) is 43.7 Å². The lowest BCUT2D eigenvalue weighted by Crippen LogP contribution is -2.21. The van der Waals surface area contributed by atoms with E-state index < -0.39 is 0 Å². The summed E-state index contributed by atoms with van der Waals surface area (Å²) in [6.45, 7) is 8.95. The first-order valence-corrected chi connectivity index (χ1v) is 6.12. The number of hydrogen-bond acceptors (Lipinski definition) is 1. The summed E-state index contributed by atoms with van der Waals surface area (Å²) in [7, 11) is 0. The van der Waals surface area contributed by atoms with Gasteiger partial charge in [0.2, 0.25) is 0 Å². The van der Waals surface area contributed by atoms with Crippen molar-refractivity contribution >= 4 is 23.2 Å². The van der Waals surface area contributed by atoms with Crippen LogP contribution in [0.5, 0.6) is 0 Å². The van der Waals surface area contributed by atoms with Crippen LogP contribution in [0.2, 0.25) is 10.0 Å². The average molecular weight is 258 g/mol. The molecule has 1 N–H and O–H groups in total. The molecule has 1 atom stereocenters. The van der Waals surface area contributed by atoms with E-state index in [1.807, 2.05) is 19.1 Å². The van der Waals surface area contributed by atoms with E-state index >= 15 is 0 Å². The molecule has 3 heteroatoms. The molecule has 0 heterocycles. The molecule has 0 aliphatic rings. The second-order valence-electron chi connectivity index (χ2n) is 3.97. The fraction of sp³-hybridized carbons (Fsp3) is 0.385. The van der Waals surface area contributed by atoms with Crippen LogP contribution in [0.25, 0.3) is 0 Å². The first-order valence-electron chi connectivity index (χ1n) is 5.36. The quantitative estimate of drug-likeness (QED) is 0.760. The third kappa shape index (κ3) is 4.17. The molecule has 0 fully saturated rings. The van der Waals surface area contributed by atoms with Crippen LogP contribution in [-0.4, -0.2) is 6.54 Å². The normalized spacial score (nSPS) is 12.5. The third-order valence-electron chi connectivity index (χ3n) is 2.29. The van der Waals surface area contributed by atoms with Crippen molar-refractivity contribution in [1.82, 2.24) is 5.32 Å². The Morgan fingerprint density at radius 1 is 1.31 bits per heavy atom. The standard InChI is InChI=1S/C13H17Cl2N/c1-4-16-13(5-9(2)3)10-6-11(14)8-12(15)7-10/h6-8,13,16H,2,4-5H2,1,3H3. The summed E-state index contributed by atoms with van der Waals surface area (Å²) in [6.07, 6.45) is 0.893. The predicted molar refractivity (Wildman–Crippen MR) is 72.3 cm³/mol. The summed E-state index contributed by atoms with van der Waals surface area (Å²) in [6, 6.07) is 5.88. The Bertz CT molecular complexity index is 354. The minimum Gasteiger partial charge on any atom is -0.310 e. The summed E-state index contributed by atoms with van der Waals surface area (Å²) < 4.78 is 0. The maximum absolute atomic E-state index is 6.00. The van der Waals surface area contributed by atoms with E-state index in [-0.39, 0.29) is 6.04 Å². The van der Waals surface area contributed by atoms with E-state index in [2.05, 4.69) is 18.8 Å². The third-order valence-corrected chi connectivity index (χ3v) is 2.73. The Balaban J connectivity index is 2.95. The molecular formula is C13H17Cl2N. The van der Waals surface area contributed by atoms with Crippen molar-refractivity contribution < 1.29 is 0 Å². The van der Waals surface area contributed by atoms with Crippen LogP contribution < -0.4 is 5.32 Å². The molecule has 1 aromatic rings. The van der Waals surface area contributed by atoms with E-state index in [0.29, 0.717) is 10.0 Å². The van der Waals surface area contributed by atoms with Crippen molar-refractivity contribution in [3.63, 3.8) is 0 Å². The summed E-state index contributed by atoms with van der Waals surface area (Å²) in [5, 5.41) is 4.75. The van der Waals surface area contributed by atoms with E-state index in [4.69, 9.17) is 23.2 Å². The van der Waals surface area contributed by atoms with Crippen molar-refractivity contribution in [2.75, 3.05) is 6.54 Å². The minimum absolute atomic E-state index is 0.235. The minimum atomic E-state index is 0.235. The Morgan fingerprint density at radius 2 is 1.88 bits per heavy atom. The van der Waals surface area contributed by atoms with Gasteiger partial charge in [-0.15, -0.1) is 6.58 Å². The molecule has 0 aromatic heterocycles. The molecule has 0 amide bonds. The molecule has 0 spiro atoms. The summed E-state index contributed by atoms with van der Waals surface area (Å²) in [4.78, 5) is 0. The molecule has 0 saturated heterocycles. The number of rotatable bonds is 5. The molecule has 0 radical (unpaired) electrons. The van der Waals surface area contributed by atoms with E-state index in [1.54, 1.807) is 6.07 Å². The maximum Gasteiger partial charge on any atom is 0.0424 e. The predicted octanol–water partition coefficient (Wildman–Crippen LogP) is 4.61. The van der Waals surface area contributed by atoms with Gasteiger partial charge in [-0.25, -0.2) is 0 Å². The van der Waals surface area contributed by atoms with Gasteiger partial charge in [0.05, 0.1) is 0 Å². The number of halogens is 2. The average Bonchev–Trinajstić information content (AvgIpc) is 2.14. The highest BCUT2D eigenvalue weighted by Crippen LogP contribution is 2.26. The van der Waals surface area contributed by atoms with Gasteiger partial charge in [0.15, 0.2) is 0 Å². The zero-order valence-corrected chi connectivity index (χ0v) is 11.2. The van der Waals surface area contributed by atoms with Gasteiger partial charge in [-0.3, -0.25) is 0 Å². The lowest BCUT2D eigenvalue weighted by molar-refractivity contribution is 0.548. The van der Waals surface area contributed by atoms with Gasteiger partial charge in [-0.2, -0.15) is 0 Å². The lowest BCUT2D eigenvalue weighted by atomic mass is 10.0. The Labute approximate surface area is 107 Å². The Morgan fingerprint density at radius 3 is 2.31 bits per heavy atom. The van der Waals surface area contributed by atoms with Crippen molar-refractivity contribution in [3.05, 3.63) is 46.0 Å². The molecule has 0 saturated carbocycles. The van der Waals surface area contributed by atoms with Gasteiger partial charge in [0, 0.05) is 16.1 Å². The van der Waals surface area contributed by atoms with Crippen LogP contribution in [0.4, 0.5) is 0 Å². The molecule has 1 unspecified atom stereocenters. The smallest absolute Gasteiger partial charge is 0.0424 e. The van der Waals surface area contributed by atoms with Gasteiger partial charge in [-0.1, -0.05) is 35.7 Å². The fourth-order valence-electron chi connectivity index (χ4n) is 1.68. The van der Waals surface area contributed by atoms with E-state index in [9.17, 15) is 0 Å². The SMILES string of the molecule is C=C(C)CC(NCC)c1cc(Cl)cc(Cl)c1. The van der Waals surface area contributed by atoms with Crippen LogP contribution in [0.1, 0.15) is 31.9 Å². The van der Waals surface area contributed by atoms with Gasteiger partial charge in [0.25, 0.3) is 0 Å². The summed E-state index contributed by atoms with van der Waals surface area (Å²) in [5.74, 6) is 0. The molecule has 88 valence electrons. The number of hydrogen-bond donors (Lipinski definition) is 1. The van der Waals surface area contributed by atoms with Gasteiger partial charge >= 0.3 is 0 Å². The molecule has 0 bridgehead atoms. The number of benzene rings is 1. The molecule has 1 rings (SSSR count). The summed E-state index contributed by atoms with van der Waals surface area (Å²) in [5.41, 5.74) is 2.25. The van der Waals surface area contributed by atoms with E-state index in [0.717, 1.165) is 24.1 Å². The van der Waals surface area contributed by atoms with Crippen molar-refractivity contribution in [2.45, 2.75) is 26.3 Å². The highest BCUT2D eigenvalue weighted by atomic mass is 35.5. The molecule has 16 heavy (non-hydrogen) atoms. The maximum atomic E-state index is 6.00. The molecule has 1 aromatic carbocycles. The monoisotopic (exact) mass is 257 g/mol. The first kappa shape index (κ1) is 13.6. The number of nitrogens with one attached hydrogen (secondary N) is 1. The lowest BCUT2D eigenvalue weighted by Gasteiger charge is -2.19. The second kappa shape index (κ2) is 6.29. The van der Waals surface area contributed by atoms with Crippen LogP contribution in [-0.2, 0) is 0 Å². The van der Waals surface area contributed by atoms with E-state index in [1.165, 1.54) is 0 Å². The van der Waals surface area contributed by atoms with Crippen molar-refractivity contribution in [2.24, 2.45) is 0 Å². The zero-order chi connectivity index (χ0) is 12.1. The van der Waals surface area contributed by atoms with Crippen LogP contribution in [0.15, 0.2) is 30.4 Å². The first-order chi connectivity index (χ1) is 7.52. The van der Waals surface area contributed by atoms with Crippen LogP contribution in [0, 0.1) is 0 Å². The van der Waals surface area contributed by atoms with Gasteiger partial charge in [0.1, 0.15) is 0 Å². The summed E-state index contributed by atoms with van der Waals surface area (Å²) >= 11 is 12.0. The second-order valence-corrected chi connectivity index (χ2v) is 4.85. The van der Waals surface area contributed by atoms with Crippen molar-refractivity contribution in [1.29, 1.82) is 0 Å². The van der Waals surface area contributed by atoms with Crippen molar-refractivity contribution in [3.8, 4) is 0 Å². The fourth-order valence-corrected chi connectivity index (χ4v) is 2.22. The Hall–Kier alpha value is -0.500. The largest absolute Gasteiger partial charge is 0.310 e. The zero-order valence-electron chi connectivity index (χ0n) is 9.69. The molecular weight excluding hydrogens is 241 g/mol. The molecule has 1 nitrogen and oxygen atoms in total. The van der Waals surface area contributed by atoms with Gasteiger partial charge < -0.3 is 5.32 Å². The highest BCUT2D eigenvalue weighted by molar-refractivity contribution is 6.34. The molecule has 0 aliphatic carbocycles. The van der Waals surface area contributed by atoms with Crippen LogP contribution >= 0.6 is 23.2 Å².